The normalized spacial score (nSPS) is 10.1. The van der Waals surface area contributed by atoms with E-state index in [0.29, 0.717) is 24.5 Å². The number of carbonyl (C=O) groups excluding carboxylic acids is 1. The molecule has 0 bridgehead atoms. The first kappa shape index (κ1) is 14.5. The van der Waals surface area contributed by atoms with Gasteiger partial charge < -0.3 is 10.6 Å². The van der Waals surface area contributed by atoms with Gasteiger partial charge in [-0.05, 0) is 37.3 Å². The molecule has 5 nitrogen and oxygen atoms in total. The van der Waals surface area contributed by atoms with Crippen LogP contribution in [0, 0.1) is 6.92 Å². The highest BCUT2D eigenvalue weighted by molar-refractivity contribution is 9.10. The van der Waals surface area contributed by atoms with Crippen molar-refractivity contribution in [2.45, 2.75) is 6.92 Å². The molecule has 0 spiro atoms. The van der Waals surface area contributed by atoms with Crippen molar-refractivity contribution in [3.8, 4) is 0 Å². The van der Waals surface area contributed by atoms with Crippen LogP contribution in [-0.4, -0.2) is 29.2 Å². The summed E-state index contributed by atoms with van der Waals surface area (Å²) >= 11 is 3.34. The second kappa shape index (κ2) is 7.00. The molecule has 0 aliphatic heterocycles. The summed E-state index contributed by atoms with van der Waals surface area (Å²) in [5, 5.41) is 13.9. The number of aromatic nitrogens is 2. The molecule has 2 aromatic rings. The first-order valence-corrected chi connectivity index (χ1v) is 7.02. The average Bonchev–Trinajstić information content (AvgIpc) is 2.45. The van der Waals surface area contributed by atoms with Gasteiger partial charge in [0, 0.05) is 23.1 Å². The standard InChI is InChI=1S/C14H15BrN4O/c1-10-5-6-13(19-18-10)16-7-8-17-14(20)11-3-2-4-12(15)9-11/h2-6,9H,7-8H2,1H3,(H,16,19)(H,17,20). The molecule has 1 aromatic heterocycles. The van der Waals surface area contributed by atoms with Gasteiger partial charge in [0.05, 0.1) is 5.69 Å². The Labute approximate surface area is 125 Å². The van der Waals surface area contributed by atoms with Gasteiger partial charge in [0.2, 0.25) is 0 Å². The Kier molecular flexibility index (Phi) is 5.06. The zero-order valence-electron chi connectivity index (χ0n) is 11.1. The van der Waals surface area contributed by atoms with Crippen molar-refractivity contribution < 1.29 is 4.79 Å². The number of aryl methyl sites for hydroxylation is 1. The Morgan fingerprint density at radius 2 is 2.05 bits per heavy atom. The van der Waals surface area contributed by atoms with E-state index in [1.807, 2.05) is 31.2 Å². The number of carbonyl (C=O) groups is 1. The van der Waals surface area contributed by atoms with Gasteiger partial charge >= 0.3 is 0 Å². The first-order chi connectivity index (χ1) is 9.65. The fraction of sp³-hybridized carbons (Fsp3) is 0.214. The smallest absolute Gasteiger partial charge is 0.251 e. The minimum Gasteiger partial charge on any atom is -0.367 e. The van der Waals surface area contributed by atoms with Crippen molar-refractivity contribution >= 4 is 27.7 Å². The molecule has 0 aliphatic rings. The third-order valence-electron chi connectivity index (χ3n) is 2.60. The third kappa shape index (κ3) is 4.31. The number of hydrogen-bond acceptors (Lipinski definition) is 4. The molecule has 0 saturated heterocycles. The summed E-state index contributed by atoms with van der Waals surface area (Å²) < 4.78 is 0.887. The van der Waals surface area contributed by atoms with Crippen LogP contribution in [0.25, 0.3) is 0 Å². The SMILES string of the molecule is Cc1ccc(NCCNC(=O)c2cccc(Br)c2)nn1. The van der Waals surface area contributed by atoms with Crippen molar-refractivity contribution in [3.05, 3.63) is 52.1 Å². The molecule has 0 radical (unpaired) electrons. The Morgan fingerprint density at radius 1 is 1.20 bits per heavy atom. The monoisotopic (exact) mass is 334 g/mol. The van der Waals surface area contributed by atoms with Crippen LogP contribution in [0.2, 0.25) is 0 Å². The predicted molar refractivity (Wildman–Crippen MR) is 81.7 cm³/mol. The number of amides is 1. The summed E-state index contributed by atoms with van der Waals surface area (Å²) in [5.41, 5.74) is 1.51. The van der Waals surface area contributed by atoms with Gasteiger partial charge in [-0.2, -0.15) is 5.10 Å². The lowest BCUT2D eigenvalue weighted by atomic mass is 10.2. The Balaban J connectivity index is 1.76. The lowest BCUT2D eigenvalue weighted by Gasteiger charge is -2.07. The van der Waals surface area contributed by atoms with Crippen molar-refractivity contribution in [2.24, 2.45) is 0 Å². The molecule has 0 fully saturated rings. The molecule has 0 aliphatic carbocycles. The molecule has 2 N–H and O–H groups in total. The first-order valence-electron chi connectivity index (χ1n) is 6.23. The number of nitrogens with one attached hydrogen (secondary N) is 2. The predicted octanol–water partition coefficient (Wildman–Crippen LogP) is 2.39. The van der Waals surface area contributed by atoms with Gasteiger partial charge in [-0.1, -0.05) is 22.0 Å². The Bertz CT molecular complexity index is 586. The topological polar surface area (TPSA) is 66.9 Å². The van der Waals surface area contributed by atoms with Crippen LogP contribution in [0.15, 0.2) is 40.9 Å². The van der Waals surface area contributed by atoms with Crippen molar-refractivity contribution in [3.63, 3.8) is 0 Å². The third-order valence-corrected chi connectivity index (χ3v) is 3.09. The fourth-order valence-electron chi connectivity index (χ4n) is 1.59. The summed E-state index contributed by atoms with van der Waals surface area (Å²) in [6.45, 7) is 2.99. The minimum absolute atomic E-state index is 0.0944. The van der Waals surface area contributed by atoms with E-state index in [1.165, 1.54) is 0 Å². The van der Waals surface area contributed by atoms with Gasteiger partial charge in [-0.15, -0.1) is 5.10 Å². The highest BCUT2D eigenvalue weighted by Crippen LogP contribution is 2.11. The summed E-state index contributed by atoms with van der Waals surface area (Å²) in [6.07, 6.45) is 0. The zero-order chi connectivity index (χ0) is 14.4. The van der Waals surface area contributed by atoms with Gasteiger partial charge in [-0.25, -0.2) is 0 Å². The molecule has 1 amide bonds. The number of anilines is 1. The van der Waals surface area contributed by atoms with E-state index >= 15 is 0 Å². The molecular formula is C14H15BrN4O. The summed E-state index contributed by atoms with van der Waals surface area (Å²) in [5.74, 6) is 0.607. The van der Waals surface area contributed by atoms with Crippen LogP contribution < -0.4 is 10.6 Å². The summed E-state index contributed by atoms with van der Waals surface area (Å²) in [7, 11) is 0. The quantitative estimate of drug-likeness (QED) is 0.824. The van der Waals surface area contributed by atoms with Crippen molar-refractivity contribution in [2.75, 3.05) is 18.4 Å². The average molecular weight is 335 g/mol. The van der Waals surface area contributed by atoms with Crippen LogP contribution >= 0.6 is 15.9 Å². The van der Waals surface area contributed by atoms with E-state index < -0.39 is 0 Å². The molecule has 104 valence electrons. The highest BCUT2D eigenvalue weighted by Gasteiger charge is 2.04. The van der Waals surface area contributed by atoms with Crippen molar-refractivity contribution in [1.29, 1.82) is 0 Å². The van der Waals surface area contributed by atoms with Crippen LogP contribution in [-0.2, 0) is 0 Å². The maximum atomic E-state index is 11.9. The van der Waals surface area contributed by atoms with Gasteiger partial charge in [0.25, 0.3) is 5.91 Å². The van der Waals surface area contributed by atoms with Gasteiger partial charge in [0.15, 0.2) is 0 Å². The number of hydrogen-bond donors (Lipinski definition) is 2. The maximum absolute atomic E-state index is 11.9. The van der Waals surface area contributed by atoms with E-state index in [-0.39, 0.29) is 5.91 Å². The lowest BCUT2D eigenvalue weighted by molar-refractivity contribution is 0.0955. The zero-order valence-corrected chi connectivity index (χ0v) is 12.6. The number of benzene rings is 1. The van der Waals surface area contributed by atoms with Crippen molar-refractivity contribution in [1.82, 2.24) is 15.5 Å². The summed E-state index contributed by atoms with van der Waals surface area (Å²) in [6, 6.07) is 11.0. The van der Waals surface area contributed by atoms with E-state index in [4.69, 9.17) is 0 Å². The molecule has 20 heavy (non-hydrogen) atoms. The van der Waals surface area contributed by atoms with E-state index in [2.05, 4.69) is 36.8 Å². The number of nitrogens with zero attached hydrogens (tertiary/aromatic N) is 2. The van der Waals surface area contributed by atoms with E-state index in [1.54, 1.807) is 12.1 Å². The van der Waals surface area contributed by atoms with Crippen LogP contribution in [0.5, 0.6) is 0 Å². The lowest BCUT2D eigenvalue weighted by Crippen LogP contribution is -2.28. The fourth-order valence-corrected chi connectivity index (χ4v) is 1.99. The molecular weight excluding hydrogens is 320 g/mol. The minimum atomic E-state index is -0.0944. The van der Waals surface area contributed by atoms with E-state index in [9.17, 15) is 4.79 Å². The van der Waals surface area contributed by atoms with E-state index in [0.717, 1.165) is 10.2 Å². The highest BCUT2D eigenvalue weighted by atomic mass is 79.9. The molecule has 0 atom stereocenters. The Hall–Kier alpha value is -1.95. The van der Waals surface area contributed by atoms with Crippen LogP contribution in [0.3, 0.4) is 0 Å². The number of rotatable bonds is 5. The summed E-state index contributed by atoms with van der Waals surface area (Å²) in [4.78, 5) is 11.9. The largest absolute Gasteiger partial charge is 0.367 e. The maximum Gasteiger partial charge on any atom is 0.251 e. The number of halogens is 1. The molecule has 2 rings (SSSR count). The molecule has 1 heterocycles. The second-order valence-electron chi connectivity index (χ2n) is 4.25. The van der Waals surface area contributed by atoms with Crippen LogP contribution in [0.4, 0.5) is 5.82 Å². The Morgan fingerprint density at radius 3 is 2.75 bits per heavy atom. The molecule has 0 saturated carbocycles. The molecule has 1 aromatic carbocycles. The second-order valence-corrected chi connectivity index (χ2v) is 5.17. The van der Waals surface area contributed by atoms with Gasteiger partial charge in [-0.3, -0.25) is 4.79 Å². The van der Waals surface area contributed by atoms with Gasteiger partial charge in [0.1, 0.15) is 5.82 Å². The molecule has 0 unspecified atom stereocenters. The van der Waals surface area contributed by atoms with Crippen LogP contribution in [0.1, 0.15) is 16.1 Å². The molecule has 6 heteroatoms.